The molecule has 3 heterocycles. The number of thioether (sulfide) groups is 4. The van der Waals surface area contributed by atoms with Crippen molar-refractivity contribution in [3.05, 3.63) is 59.4 Å². The Kier molecular flexibility index (Phi) is 11.0. The first-order valence-electron chi connectivity index (χ1n) is 10.8. The van der Waals surface area contributed by atoms with E-state index < -0.39 is 0 Å². The van der Waals surface area contributed by atoms with Gasteiger partial charge in [-0.15, -0.1) is 0 Å². The van der Waals surface area contributed by atoms with E-state index in [9.17, 15) is 0 Å². The molecule has 9 heteroatoms. The second-order valence-electron chi connectivity index (χ2n) is 7.02. The fraction of sp³-hybridized carbons (Fsp3) is 0.417. The molecular formula is C24H27NO4S4. The molecule has 0 unspecified atom stereocenters. The highest BCUT2D eigenvalue weighted by atomic mass is 32.2. The number of hydrogen-bond acceptors (Lipinski definition) is 9. The molecule has 176 valence electrons. The van der Waals surface area contributed by atoms with Crippen LogP contribution in [-0.4, -0.2) is 65.9 Å². The largest absolute Gasteiger partial charge is 0.377 e. The van der Waals surface area contributed by atoms with Crippen molar-refractivity contribution in [1.82, 2.24) is 0 Å². The van der Waals surface area contributed by atoms with Gasteiger partial charge in [-0.3, -0.25) is 0 Å². The lowest BCUT2D eigenvalue weighted by atomic mass is 10.2. The van der Waals surface area contributed by atoms with Crippen LogP contribution in [-0.2, 0) is 18.9 Å². The number of nitrogens with zero attached hydrogens (tertiary/aromatic N) is 1. The van der Waals surface area contributed by atoms with Gasteiger partial charge in [0.25, 0.3) is 0 Å². The molecule has 0 bridgehead atoms. The Morgan fingerprint density at radius 1 is 0.636 bits per heavy atom. The number of anilines is 1. The van der Waals surface area contributed by atoms with Crippen LogP contribution in [0.4, 0.5) is 5.69 Å². The molecular weight excluding hydrogens is 495 g/mol. The Balaban J connectivity index is 1.31. The summed E-state index contributed by atoms with van der Waals surface area (Å²) in [5.74, 6) is 6.62. The normalized spacial score (nSPS) is 21.2. The summed E-state index contributed by atoms with van der Waals surface area (Å²) < 4.78 is 25.1. The smallest absolute Gasteiger partial charge is 0.0707 e. The highest BCUT2D eigenvalue weighted by molar-refractivity contribution is 8.33. The summed E-state index contributed by atoms with van der Waals surface area (Å²) in [7, 11) is 0. The first kappa shape index (κ1) is 25.1. The van der Waals surface area contributed by atoms with E-state index in [0.29, 0.717) is 52.9 Å². The van der Waals surface area contributed by atoms with E-state index in [1.807, 2.05) is 0 Å². The van der Waals surface area contributed by atoms with E-state index in [0.717, 1.165) is 29.2 Å². The second kappa shape index (κ2) is 14.4. The van der Waals surface area contributed by atoms with Gasteiger partial charge in [-0.25, -0.2) is 0 Å². The summed E-state index contributed by atoms with van der Waals surface area (Å²) in [5.41, 5.74) is 2.15. The highest BCUT2D eigenvalue weighted by Crippen LogP contribution is 2.52. The molecule has 0 N–H and O–H groups in total. The molecule has 3 aliphatic heterocycles. The standard InChI is InChI=1S/C24H27NO4S4/c1-4-21(25-7-9-26-11-13-28-15-16-29-14-12-27-10-8-25)5-2-20(1)3-6-22-19-32-24(33-22)23-30-17-18-31-23/h1-2,4-5,17-19H,7-16H2. The lowest BCUT2D eigenvalue weighted by molar-refractivity contribution is 0.00206. The first-order chi connectivity index (χ1) is 16.4. The van der Waals surface area contributed by atoms with Gasteiger partial charge in [-0.1, -0.05) is 58.9 Å². The monoisotopic (exact) mass is 521 g/mol. The molecule has 3 aliphatic rings. The van der Waals surface area contributed by atoms with E-state index >= 15 is 0 Å². The van der Waals surface area contributed by atoms with E-state index in [-0.39, 0.29) is 0 Å². The summed E-state index contributed by atoms with van der Waals surface area (Å²) in [6, 6.07) is 8.42. The molecule has 0 aliphatic carbocycles. The van der Waals surface area contributed by atoms with Crippen LogP contribution < -0.4 is 4.90 Å². The molecule has 0 aromatic heterocycles. The summed E-state index contributed by atoms with van der Waals surface area (Å²) in [5, 5.41) is 6.40. The van der Waals surface area contributed by atoms with Gasteiger partial charge in [0.2, 0.25) is 0 Å². The lowest BCUT2D eigenvalue weighted by Crippen LogP contribution is -2.31. The fourth-order valence-corrected chi connectivity index (χ4v) is 7.33. The van der Waals surface area contributed by atoms with Gasteiger partial charge in [0, 0.05) is 24.3 Å². The van der Waals surface area contributed by atoms with Gasteiger partial charge in [0.15, 0.2) is 0 Å². The molecule has 0 radical (unpaired) electrons. The first-order valence-corrected chi connectivity index (χ1v) is 14.3. The molecule has 5 nitrogen and oxygen atoms in total. The summed E-state index contributed by atoms with van der Waals surface area (Å²) >= 11 is 7.10. The summed E-state index contributed by atoms with van der Waals surface area (Å²) in [6.07, 6.45) is 0. The third kappa shape index (κ3) is 8.64. The van der Waals surface area contributed by atoms with Gasteiger partial charge in [-0.05, 0) is 40.5 Å². The topological polar surface area (TPSA) is 40.2 Å². The van der Waals surface area contributed by atoms with Crippen LogP contribution in [0.3, 0.4) is 0 Å². The molecule has 0 amide bonds. The van der Waals surface area contributed by atoms with Crippen LogP contribution in [0.5, 0.6) is 0 Å². The summed E-state index contributed by atoms with van der Waals surface area (Å²) in [6.45, 7) is 6.45. The molecule has 1 saturated heterocycles. The van der Waals surface area contributed by atoms with E-state index in [1.54, 1.807) is 47.0 Å². The van der Waals surface area contributed by atoms with E-state index in [4.69, 9.17) is 18.9 Å². The highest BCUT2D eigenvalue weighted by Gasteiger charge is 2.17. The average molecular weight is 522 g/mol. The lowest BCUT2D eigenvalue weighted by Gasteiger charge is -2.25. The van der Waals surface area contributed by atoms with E-state index in [2.05, 4.69) is 57.2 Å². The molecule has 0 atom stereocenters. The van der Waals surface area contributed by atoms with Crippen molar-refractivity contribution in [3.8, 4) is 11.8 Å². The molecule has 33 heavy (non-hydrogen) atoms. The average Bonchev–Trinajstić information content (AvgIpc) is 3.53. The number of hydrogen-bond donors (Lipinski definition) is 0. The zero-order valence-corrected chi connectivity index (χ0v) is 21.6. The zero-order chi connectivity index (χ0) is 22.6. The minimum atomic E-state index is 0.591. The Hall–Kier alpha value is -0.960. The molecule has 1 aromatic carbocycles. The minimum absolute atomic E-state index is 0.591. The van der Waals surface area contributed by atoms with Crippen LogP contribution in [0.1, 0.15) is 5.56 Å². The van der Waals surface area contributed by atoms with Crippen molar-refractivity contribution < 1.29 is 18.9 Å². The molecule has 0 saturated carbocycles. The molecule has 1 fully saturated rings. The van der Waals surface area contributed by atoms with Crippen molar-refractivity contribution in [3.63, 3.8) is 0 Å². The van der Waals surface area contributed by atoms with E-state index in [1.165, 1.54) is 8.47 Å². The number of allylic oxidation sites excluding steroid dienone is 1. The third-order valence-corrected chi connectivity index (χ3v) is 9.67. The maximum absolute atomic E-state index is 5.73. The van der Waals surface area contributed by atoms with Crippen molar-refractivity contribution in [2.45, 2.75) is 0 Å². The maximum atomic E-state index is 5.73. The van der Waals surface area contributed by atoms with Crippen molar-refractivity contribution >= 4 is 52.7 Å². The van der Waals surface area contributed by atoms with Crippen molar-refractivity contribution in [1.29, 1.82) is 0 Å². The summed E-state index contributed by atoms with van der Waals surface area (Å²) in [4.78, 5) is 3.39. The van der Waals surface area contributed by atoms with Crippen LogP contribution in [0.2, 0.25) is 0 Å². The SMILES string of the molecule is C(#Cc1ccc(N2CCOCCOCCOCCOCC2)cc1)C1=CSC(=C2SC=CS2)S1. The quantitative estimate of drug-likeness (QED) is 0.457. The molecule has 1 aromatic rings. The van der Waals surface area contributed by atoms with Crippen molar-refractivity contribution in [2.24, 2.45) is 0 Å². The van der Waals surface area contributed by atoms with Crippen molar-refractivity contribution in [2.75, 3.05) is 70.8 Å². The number of ether oxygens (including phenoxy) is 4. The molecule has 4 rings (SSSR count). The van der Waals surface area contributed by atoms with Crippen LogP contribution in [0.25, 0.3) is 0 Å². The van der Waals surface area contributed by atoms with Crippen LogP contribution in [0.15, 0.2) is 53.9 Å². The minimum Gasteiger partial charge on any atom is -0.377 e. The zero-order valence-electron chi connectivity index (χ0n) is 18.3. The van der Waals surface area contributed by atoms with Gasteiger partial charge in [0.05, 0.1) is 66.2 Å². The Bertz CT molecular complexity index is 895. The number of rotatable bonds is 1. The molecule has 0 spiro atoms. The van der Waals surface area contributed by atoms with Crippen LogP contribution >= 0.6 is 47.0 Å². The Morgan fingerprint density at radius 2 is 1.21 bits per heavy atom. The van der Waals surface area contributed by atoms with Crippen LogP contribution in [0, 0.1) is 11.8 Å². The Labute approximate surface area is 213 Å². The van der Waals surface area contributed by atoms with Gasteiger partial charge in [-0.2, -0.15) is 0 Å². The van der Waals surface area contributed by atoms with Gasteiger partial charge in [0.1, 0.15) is 0 Å². The third-order valence-electron chi connectivity index (χ3n) is 4.74. The van der Waals surface area contributed by atoms with Gasteiger partial charge >= 0.3 is 0 Å². The maximum Gasteiger partial charge on any atom is 0.0707 e. The Morgan fingerprint density at radius 3 is 1.82 bits per heavy atom. The second-order valence-corrected chi connectivity index (χ2v) is 11.3. The predicted molar refractivity (Wildman–Crippen MR) is 143 cm³/mol. The predicted octanol–water partition coefficient (Wildman–Crippen LogP) is 5.32. The number of benzene rings is 1. The van der Waals surface area contributed by atoms with Gasteiger partial charge < -0.3 is 23.8 Å². The fourth-order valence-electron chi connectivity index (χ4n) is 3.07.